The van der Waals surface area contributed by atoms with Crippen LogP contribution in [0.2, 0.25) is 0 Å². The Morgan fingerprint density at radius 2 is 1.94 bits per heavy atom. The molecule has 9 heteroatoms. The van der Waals surface area contributed by atoms with E-state index >= 15 is 0 Å². The van der Waals surface area contributed by atoms with Crippen molar-refractivity contribution >= 4 is 5.91 Å². The molecule has 3 aromatic rings. The van der Waals surface area contributed by atoms with E-state index in [4.69, 9.17) is 9.47 Å². The van der Waals surface area contributed by atoms with Crippen LogP contribution in [0.5, 0.6) is 11.5 Å². The molecule has 1 amide bonds. The number of carbonyl (C=O) groups is 1. The Balaban J connectivity index is 1.48. The van der Waals surface area contributed by atoms with Crippen LogP contribution in [0.4, 0.5) is 13.2 Å². The second kappa shape index (κ2) is 9.28. The van der Waals surface area contributed by atoms with Gasteiger partial charge < -0.3 is 14.8 Å². The van der Waals surface area contributed by atoms with E-state index in [1.54, 1.807) is 31.4 Å². The third-order valence-corrected chi connectivity index (χ3v) is 4.85. The molecule has 170 valence electrons. The van der Waals surface area contributed by atoms with E-state index in [-0.39, 0.29) is 12.1 Å². The van der Waals surface area contributed by atoms with E-state index in [2.05, 4.69) is 22.3 Å². The average molecular weight is 455 g/mol. The van der Waals surface area contributed by atoms with Gasteiger partial charge in [-0.1, -0.05) is 17.9 Å². The summed E-state index contributed by atoms with van der Waals surface area (Å²) in [7, 11) is 1.71. The molecular formula is C24H20F3N3O3. The molecule has 2 heterocycles. The fourth-order valence-electron chi connectivity index (χ4n) is 3.32. The zero-order valence-electron chi connectivity index (χ0n) is 17.7. The van der Waals surface area contributed by atoms with E-state index in [0.29, 0.717) is 41.5 Å². The van der Waals surface area contributed by atoms with Crippen LogP contribution < -0.4 is 14.8 Å². The molecule has 1 aliphatic heterocycles. The highest BCUT2D eigenvalue weighted by Gasteiger charge is 2.30. The van der Waals surface area contributed by atoms with Gasteiger partial charge in [0.2, 0.25) is 0 Å². The Hall–Kier alpha value is -3.93. The molecule has 0 aliphatic carbocycles. The van der Waals surface area contributed by atoms with Crippen molar-refractivity contribution in [2.75, 3.05) is 19.8 Å². The van der Waals surface area contributed by atoms with E-state index in [9.17, 15) is 18.0 Å². The van der Waals surface area contributed by atoms with E-state index in [1.165, 1.54) is 16.8 Å². The molecule has 1 aromatic heterocycles. The van der Waals surface area contributed by atoms with Crippen molar-refractivity contribution in [1.82, 2.24) is 15.1 Å². The van der Waals surface area contributed by atoms with E-state index in [1.807, 2.05) is 0 Å². The maximum atomic E-state index is 12.8. The highest BCUT2D eigenvalue weighted by molar-refractivity contribution is 6.00. The minimum Gasteiger partial charge on any atom is -0.490 e. The van der Waals surface area contributed by atoms with Crippen molar-refractivity contribution in [1.29, 1.82) is 0 Å². The number of rotatable bonds is 3. The quantitative estimate of drug-likeness (QED) is 0.606. The molecule has 4 rings (SSSR count). The number of nitrogens with zero attached hydrogens (tertiary/aromatic N) is 2. The molecule has 1 N–H and O–H groups in total. The number of fused-ring (bicyclic) bond motifs is 1. The lowest BCUT2D eigenvalue weighted by Gasteiger charge is -2.09. The number of benzene rings is 2. The first kappa shape index (κ1) is 22.3. The number of carbonyl (C=O) groups excluding carboxylic acids is 1. The minimum atomic E-state index is -4.43. The van der Waals surface area contributed by atoms with Gasteiger partial charge in [0.15, 0.2) is 11.5 Å². The topological polar surface area (TPSA) is 65.4 Å². The third-order valence-electron chi connectivity index (χ3n) is 4.85. The summed E-state index contributed by atoms with van der Waals surface area (Å²) in [4.78, 5) is 12.8. The predicted octanol–water partition coefficient (Wildman–Crippen LogP) is 4.05. The van der Waals surface area contributed by atoms with Gasteiger partial charge in [0.05, 0.1) is 30.9 Å². The Bertz CT molecular complexity index is 1240. The van der Waals surface area contributed by atoms with Crippen LogP contribution in [-0.2, 0) is 13.2 Å². The van der Waals surface area contributed by atoms with Crippen molar-refractivity contribution in [2.24, 2.45) is 7.05 Å². The summed E-state index contributed by atoms with van der Waals surface area (Å²) in [6, 6.07) is 10.1. The van der Waals surface area contributed by atoms with Crippen LogP contribution in [0.1, 0.15) is 27.9 Å². The van der Waals surface area contributed by atoms with Crippen molar-refractivity contribution in [3.05, 3.63) is 65.4 Å². The fraction of sp³-hybridized carbons (Fsp3) is 0.250. The van der Waals surface area contributed by atoms with Crippen LogP contribution >= 0.6 is 0 Å². The van der Waals surface area contributed by atoms with Crippen LogP contribution in [0.15, 0.2) is 48.7 Å². The number of halogens is 3. The lowest BCUT2D eigenvalue weighted by molar-refractivity contribution is -0.137. The second-order valence-corrected chi connectivity index (χ2v) is 7.34. The molecule has 0 saturated heterocycles. The van der Waals surface area contributed by atoms with Gasteiger partial charge in [-0.15, -0.1) is 0 Å². The standard InChI is InChI=1S/C24H20F3N3O3/c1-30-15-19(22(29-30)17-8-9-20-21(14-17)33-12-4-11-32-20)23(31)28-10-3-6-16-5-2-7-18(13-16)24(25,26)27/h2,5,7-9,13-15H,4,10-12H2,1H3,(H,28,31). The molecular weight excluding hydrogens is 435 g/mol. The highest BCUT2D eigenvalue weighted by atomic mass is 19.4. The van der Waals surface area contributed by atoms with Crippen molar-refractivity contribution < 1.29 is 27.4 Å². The van der Waals surface area contributed by atoms with Crippen LogP contribution in [0.3, 0.4) is 0 Å². The number of ether oxygens (including phenoxy) is 2. The molecule has 6 nitrogen and oxygen atoms in total. The molecule has 0 atom stereocenters. The summed E-state index contributed by atoms with van der Waals surface area (Å²) in [5, 5.41) is 7.07. The molecule has 0 bridgehead atoms. The third kappa shape index (κ3) is 5.29. The summed E-state index contributed by atoms with van der Waals surface area (Å²) in [5.41, 5.74) is 0.950. The van der Waals surface area contributed by atoms with Gasteiger partial charge in [-0.2, -0.15) is 18.3 Å². The van der Waals surface area contributed by atoms with Gasteiger partial charge in [0, 0.05) is 30.8 Å². The fourth-order valence-corrected chi connectivity index (χ4v) is 3.32. The van der Waals surface area contributed by atoms with Gasteiger partial charge >= 0.3 is 6.18 Å². The van der Waals surface area contributed by atoms with Gasteiger partial charge in [0.25, 0.3) is 5.91 Å². The lowest BCUT2D eigenvalue weighted by Crippen LogP contribution is -2.23. The molecule has 1 aliphatic rings. The maximum Gasteiger partial charge on any atom is 0.416 e. The molecule has 0 fully saturated rings. The molecule has 0 saturated carbocycles. The number of alkyl halides is 3. The monoisotopic (exact) mass is 455 g/mol. The van der Waals surface area contributed by atoms with Crippen LogP contribution in [0, 0.1) is 11.8 Å². The van der Waals surface area contributed by atoms with E-state index in [0.717, 1.165) is 18.6 Å². The number of amides is 1. The summed E-state index contributed by atoms with van der Waals surface area (Å²) < 4.78 is 51.3. The normalized spacial score (nSPS) is 13.0. The van der Waals surface area contributed by atoms with Gasteiger partial charge in [-0.05, 0) is 36.4 Å². The van der Waals surface area contributed by atoms with Crippen molar-refractivity contribution in [2.45, 2.75) is 12.6 Å². The van der Waals surface area contributed by atoms with Gasteiger partial charge in [-0.3, -0.25) is 9.48 Å². The summed E-state index contributed by atoms with van der Waals surface area (Å²) >= 11 is 0. The van der Waals surface area contributed by atoms with Crippen molar-refractivity contribution in [3.63, 3.8) is 0 Å². The Kier molecular flexibility index (Phi) is 6.27. The zero-order valence-corrected chi connectivity index (χ0v) is 17.7. The Morgan fingerprint density at radius 1 is 1.15 bits per heavy atom. The maximum absolute atomic E-state index is 12.8. The molecule has 33 heavy (non-hydrogen) atoms. The minimum absolute atomic E-state index is 0.0372. The first-order valence-electron chi connectivity index (χ1n) is 10.2. The Labute approximate surface area is 188 Å². The van der Waals surface area contributed by atoms with Gasteiger partial charge in [-0.25, -0.2) is 0 Å². The largest absolute Gasteiger partial charge is 0.490 e. The average Bonchev–Trinajstić information content (AvgIpc) is 3.03. The number of nitrogens with one attached hydrogen (secondary N) is 1. The first-order chi connectivity index (χ1) is 15.8. The highest BCUT2D eigenvalue weighted by Crippen LogP contribution is 2.34. The van der Waals surface area contributed by atoms with Gasteiger partial charge in [0.1, 0.15) is 5.69 Å². The predicted molar refractivity (Wildman–Crippen MR) is 115 cm³/mol. The summed E-state index contributed by atoms with van der Waals surface area (Å²) in [5.74, 6) is 6.16. The molecule has 0 spiro atoms. The Morgan fingerprint density at radius 3 is 2.73 bits per heavy atom. The molecule has 0 radical (unpaired) electrons. The SMILES string of the molecule is Cn1cc(C(=O)NCC#Cc2cccc(C(F)(F)F)c2)c(-c2ccc3c(c2)OCCCO3)n1. The lowest BCUT2D eigenvalue weighted by atomic mass is 10.1. The summed E-state index contributed by atoms with van der Waals surface area (Å²) in [6.45, 7) is 1.08. The summed E-state index contributed by atoms with van der Waals surface area (Å²) in [6.07, 6.45) is -2.06. The van der Waals surface area contributed by atoms with Crippen LogP contribution in [0.25, 0.3) is 11.3 Å². The zero-order chi connectivity index (χ0) is 23.4. The smallest absolute Gasteiger partial charge is 0.416 e. The number of hydrogen-bond donors (Lipinski definition) is 1. The second-order valence-electron chi connectivity index (χ2n) is 7.34. The number of aromatic nitrogens is 2. The number of aryl methyl sites for hydroxylation is 1. The van der Waals surface area contributed by atoms with Crippen molar-refractivity contribution in [3.8, 4) is 34.6 Å². The number of hydrogen-bond acceptors (Lipinski definition) is 4. The van der Waals surface area contributed by atoms with E-state index < -0.39 is 17.6 Å². The molecule has 2 aromatic carbocycles. The molecule has 0 unspecified atom stereocenters. The van der Waals surface area contributed by atoms with Crippen LogP contribution in [-0.4, -0.2) is 35.4 Å². The first-order valence-corrected chi connectivity index (χ1v) is 10.2.